The van der Waals surface area contributed by atoms with Crippen LogP contribution in [0.1, 0.15) is 27.7 Å². The highest BCUT2D eigenvalue weighted by Gasteiger charge is 2.19. The van der Waals surface area contributed by atoms with Gasteiger partial charge in [-0.15, -0.1) is 0 Å². The maximum absolute atomic E-state index is 12.7. The molecule has 0 aliphatic rings. The maximum atomic E-state index is 12.7. The standard InChI is InChI=1S/C19H19ClN2O2/c1-12-18(14-8-4-6-10-16(14)22-12)19(23)21-11-17(24-2)13-7-3-5-9-15(13)20/h3-10,17,22H,11H2,1-2H3,(H,21,23)/t17-/m1/s1. The molecule has 0 aliphatic carbocycles. The van der Waals surface area contributed by atoms with Crippen LogP contribution in [0.25, 0.3) is 10.9 Å². The number of nitrogens with one attached hydrogen (secondary N) is 2. The number of hydrogen-bond donors (Lipinski definition) is 2. The van der Waals surface area contributed by atoms with Gasteiger partial charge < -0.3 is 15.0 Å². The van der Waals surface area contributed by atoms with Crippen LogP contribution >= 0.6 is 11.6 Å². The molecule has 0 unspecified atom stereocenters. The molecular weight excluding hydrogens is 324 g/mol. The molecule has 3 rings (SSSR count). The molecule has 0 aliphatic heterocycles. The zero-order valence-electron chi connectivity index (χ0n) is 13.6. The fourth-order valence-electron chi connectivity index (χ4n) is 2.90. The van der Waals surface area contributed by atoms with Crippen LogP contribution in [0.15, 0.2) is 48.5 Å². The summed E-state index contributed by atoms with van der Waals surface area (Å²) in [5.41, 5.74) is 3.33. The minimum atomic E-state index is -0.298. The SMILES string of the molecule is CO[C@H](CNC(=O)c1c(C)[nH]c2ccccc12)c1ccccc1Cl. The first kappa shape index (κ1) is 16.6. The van der Waals surface area contributed by atoms with E-state index in [2.05, 4.69) is 10.3 Å². The second kappa shape index (κ2) is 7.07. The lowest BCUT2D eigenvalue weighted by atomic mass is 10.1. The summed E-state index contributed by atoms with van der Waals surface area (Å²) in [6.07, 6.45) is -0.298. The molecule has 24 heavy (non-hydrogen) atoms. The first-order valence-electron chi connectivity index (χ1n) is 7.74. The van der Waals surface area contributed by atoms with Gasteiger partial charge in [0.05, 0.1) is 5.56 Å². The largest absolute Gasteiger partial charge is 0.375 e. The number of amides is 1. The Labute approximate surface area is 145 Å². The number of benzene rings is 2. The van der Waals surface area contributed by atoms with Crippen LogP contribution in [0.4, 0.5) is 0 Å². The number of fused-ring (bicyclic) bond motifs is 1. The van der Waals surface area contributed by atoms with Crippen molar-refractivity contribution in [2.75, 3.05) is 13.7 Å². The van der Waals surface area contributed by atoms with Crippen molar-refractivity contribution in [1.29, 1.82) is 0 Å². The second-order valence-corrected chi connectivity index (χ2v) is 6.03. The van der Waals surface area contributed by atoms with Crippen LogP contribution in [-0.4, -0.2) is 24.5 Å². The van der Waals surface area contributed by atoms with E-state index in [-0.39, 0.29) is 12.0 Å². The molecule has 1 amide bonds. The average Bonchev–Trinajstić information content (AvgIpc) is 2.92. The third-order valence-electron chi connectivity index (χ3n) is 4.11. The van der Waals surface area contributed by atoms with E-state index < -0.39 is 0 Å². The van der Waals surface area contributed by atoms with Crippen molar-refractivity contribution in [2.24, 2.45) is 0 Å². The lowest BCUT2D eigenvalue weighted by Crippen LogP contribution is -2.29. The van der Waals surface area contributed by atoms with Crippen LogP contribution in [0.5, 0.6) is 0 Å². The van der Waals surface area contributed by atoms with Crippen LogP contribution in [0.2, 0.25) is 5.02 Å². The van der Waals surface area contributed by atoms with Gasteiger partial charge in [-0.05, 0) is 19.1 Å². The Morgan fingerprint density at radius 3 is 2.67 bits per heavy atom. The summed E-state index contributed by atoms with van der Waals surface area (Å²) in [6.45, 7) is 2.24. The molecule has 0 bridgehead atoms. The number of aromatic nitrogens is 1. The van der Waals surface area contributed by atoms with Crippen molar-refractivity contribution in [2.45, 2.75) is 13.0 Å². The van der Waals surface area contributed by atoms with Gasteiger partial charge in [-0.25, -0.2) is 0 Å². The van der Waals surface area contributed by atoms with Crippen LogP contribution < -0.4 is 5.32 Å². The third kappa shape index (κ3) is 3.16. The Hall–Kier alpha value is -2.30. The van der Waals surface area contributed by atoms with E-state index in [4.69, 9.17) is 16.3 Å². The van der Waals surface area contributed by atoms with Gasteiger partial charge in [0.2, 0.25) is 0 Å². The lowest BCUT2D eigenvalue weighted by Gasteiger charge is -2.17. The Kier molecular flexibility index (Phi) is 4.88. The molecule has 2 N–H and O–H groups in total. The molecule has 3 aromatic rings. The Balaban J connectivity index is 1.79. The molecule has 4 nitrogen and oxygen atoms in total. The number of para-hydroxylation sites is 1. The van der Waals surface area contributed by atoms with Crippen LogP contribution in [0.3, 0.4) is 0 Å². The number of aromatic amines is 1. The first-order chi connectivity index (χ1) is 11.6. The van der Waals surface area contributed by atoms with Crippen molar-refractivity contribution in [3.05, 3.63) is 70.4 Å². The Morgan fingerprint density at radius 2 is 1.92 bits per heavy atom. The van der Waals surface area contributed by atoms with Gasteiger partial charge in [0.25, 0.3) is 5.91 Å². The molecule has 2 aromatic carbocycles. The predicted octanol–water partition coefficient (Wildman–Crippen LogP) is 4.25. The third-order valence-corrected chi connectivity index (χ3v) is 4.45. The van der Waals surface area contributed by atoms with E-state index in [9.17, 15) is 4.79 Å². The maximum Gasteiger partial charge on any atom is 0.253 e. The number of methoxy groups -OCH3 is 1. The predicted molar refractivity (Wildman–Crippen MR) is 96.6 cm³/mol. The summed E-state index contributed by atoms with van der Waals surface area (Å²) in [7, 11) is 1.61. The van der Waals surface area contributed by atoms with Crippen molar-refractivity contribution in [3.63, 3.8) is 0 Å². The van der Waals surface area contributed by atoms with Crippen molar-refractivity contribution >= 4 is 28.4 Å². The Bertz CT molecular complexity index is 873. The molecule has 1 atom stereocenters. The van der Waals surface area contributed by atoms with Gasteiger partial charge in [-0.3, -0.25) is 4.79 Å². The topological polar surface area (TPSA) is 54.1 Å². The van der Waals surface area contributed by atoms with Crippen molar-refractivity contribution < 1.29 is 9.53 Å². The molecule has 0 spiro atoms. The summed E-state index contributed by atoms with van der Waals surface area (Å²) < 4.78 is 5.50. The van der Waals surface area contributed by atoms with E-state index in [1.54, 1.807) is 7.11 Å². The zero-order chi connectivity index (χ0) is 17.1. The highest BCUT2D eigenvalue weighted by Crippen LogP contribution is 2.25. The molecule has 0 saturated carbocycles. The number of halogens is 1. The monoisotopic (exact) mass is 342 g/mol. The molecular formula is C19H19ClN2O2. The van der Waals surface area contributed by atoms with E-state index >= 15 is 0 Å². The van der Waals surface area contributed by atoms with Gasteiger partial charge in [0, 0.05) is 40.8 Å². The molecule has 5 heteroatoms. The molecule has 0 radical (unpaired) electrons. The van der Waals surface area contributed by atoms with Crippen molar-refractivity contribution in [1.82, 2.24) is 10.3 Å². The average molecular weight is 343 g/mol. The first-order valence-corrected chi connectivity index (χ1v) is 8.12. The second-order valence-electron chi connectivity index (χ2n) is 5.63. The van der Waals surface area contributed by atoms with Gasteiger partial charge in [0.1, 0.15) is 6.10 Å². The fourth-order valence-corrected chi connectivity index (χ4v) is 3.16. The molecule has 1 aromatic heterocycles. The van der Waals surface area contributed by atoms with Gasteiger partial charge in [-0.1, -0.05) is 48.0 Å². The Morgan fingerprint density at radius 1 is 1.21 bits per heavy atom. The summed E-state index contributed by atoms with van der Waals surface area (Å²) >= 11 is 6.22. The minimum Gasteiger partial charge on any atom is -0.375 e. The van der Waals surface area contributed by atoms with Crippen LogP contribution in [0, 0.1) is 6.92 Å². The molecule has 124 valence electrons. The summed E-state index contributed by atoms with van der Waals surface area (Å²) in [5, 5.41) is 4.49. The normalized spacial score (nSPS) is 12.3. The molecule has 1 heterocycles. The number of carbonyl (C=O) groups is 1. The van der Waals surface area contributed by atoms with Crippen LogP contribution in [-0.2, 0) is 4.74 Å². The van der Waals surface area contributed by atoms with Gasteiger partial charge >= 0.3 is 0 Å². The van der Waals surface area contributed by atoms with E-state index in [0.717, 1.165) is 22.2 Å². The number of rotatable bonds is 5. The van der Waals surface area contributed by atoms with Gasteiger partial charge in [-0.2, -0.15) is 0 Å². The number of H-pyrrole nitrogens is 1. The number of hydrogen-bond acceptors (Lipinski definition) is 2. The molecule has 0 saturated heterocycles. The number of carbonyl (C=O) groups excluding carboxylic acids is 1. The quantitative estimate of drug-likeness (QED) is 0.728. The van der Waals surface area contributed by atoms with E-state index in [1.807, 2.05) is 55.5 Å². The summed E-state index contributed by atoms with van der Waals surface area (Å²) in [4.78, 5) is 15.9. The van der Waals surface area contributed by atoms with Crippen molar-refractivity contribution in [3.8, 4) is 0 Å². The van der Waals surface area contributed by atoms with E-state index in [1.165, 1.54) is 0 Å². The zero-order valence-corrected chi connectivity index (χ0v) is 14.4. The highest BCUT2D eigenvalue weighted by molar-refractivity contribution is 6.31. The molecule has 0 fully saturated rings. The highest BCUT2D eigenvalue weighted by atomic mass is 35.5. The number of aryl methyl sites for hydroxylation is 1. The summed E-state index contributed by atoms with van der Waals surface area (Å²) in [6, 6.07) is 15.3. The smallest absolute Gasteiger partial charge is 0.253 e. The number of ether oxygens (including phenoxy) is 1. The minimum absolute atomic E-state index is 0.126. The summed E-state index contributed by atoms with van der Waals surface area (Å²) in [5.74, 6) is -0.126. The van der Waals surface area contributed by atoms with E-state index in [0.29, 0.717) is 17.1 Å². The lowest BCUT2D eigenvalue weighted by molar-refractivity contribution is 0.0829. The fraction of sp³-hybridized carbons (Fsp3) is 0.211. The van der Waals surface area contributed by atoms with Gasteiger partial charge in [0.15, 0.2) is 0 Å².